The molecular formula is C17H29GaSi2. The van der Waals surface area contributed by atoms with Crippen molar-refractivity contribution in [3.63, 3.8) is 0 Å². The van der Waals surface area contributed by atoms with Crippen molar-refractivity contribution in [2.24, 2.45) is 0 Å². The Morgan fingerprint density at radius 2 is 0.850 bits per heavy atom. The van der Waals surface area contributed by atoms with E-state index in [1.165, 1.54) is 0 Å². The average Bonchev–Trinajstić information content (AvgIpc) is 2.97. The molecule has 108 valence electrons. The van der Waals surface area contributed by atoms with Gasteiger partial charge < -0.3 is 0 Å². The molecule has 0 aromatic carbocycles. The van der Waals surface area contributed by atoms with Gasteiger partial charge in [0, 0.05) is 0 Å². The fourth-order valence-electron chi connectivity index (χ4n) is 4.24. The third-order valence-corrected chi connectivity index (χ3v) is 34.6. The van der Waals surface area contributed by atoms with Crippen molar-refractivity contribution in [1.29, 1.82) is 0 Å². The average molecular weight is 359 g/mol. The molecule has 0 aromatic heterocycles. The van der Waals surface area contributed by atoms with Crippen LogP contribution in [0.4, 0.5) is 0 Å². The van der Waals surface area contributed by atoms with Crippen LogP contribution in [0, 0.1) is 0 Å². The zero-order chi connectivity index (χ0) is 15.2. The molecular weight excluding hydrogens is 330 g/mol. The van der Waals surface area contributed by atoms with Gasteiger partial charge in [-0.2, -0.15) is 0 Å². The summed E-state index contributed by atoms with van der Waals surface area (Å²) in [7, 11) is -2.53. The van der Waals surface area contributed by atoms with E-state index >= 15 is 0 Å². The van der Waals surface area contributed by atoms with Gasteiger partial charge in [-0.1, -0.05) is 0 Å². The van der Waals surface area contributed by atoms with Crippen molar-refractivity contribution >= 4 is 32.4 Å². The van der Waals surface area contributed by atoms with Gasteiger partial charge in [0.05, 0.1) is 0 Å². The molecule has 20 heavy (non-hydrogen) atoms. The zero-order valence-electron chi connectivity index (χ0n) is 14.2. The van der Waals surface area contributed by atoms with Crippen molar-refractivity contribution < 1.29 is 0 Å². The Hall–Kier alpha value is 0.0301. The van der Waals surface area contributed by atoms with Gasteiger partial charge in [0.15, 0.2) is 0 Å². The van der Waals surface area contributed by atoms with Crippen LogP contribution in [-0.4, -0.2) is 32.4 Å². The molecule has 0 aliphatic heterocycles. The number of hydrogen-bond donors (Lipinski definition) is 0. The second-order valence-electron chi connectivity index (χ2n) is 8.52. The number of allylic oxidation sites excluding steroid dienone is 8. The number of hydrogen-bond acceptors (Lipinski definition) is 0. The summed E-state index contributed by atoms with van der Waals surface area (Å²) in [6.07, 6.45) is 19.6. The molecule has 3 heteroatoms. The molecule has 0 bridgehead atoms. The van der Waals surface area contributed by atoms with Crippen molar-refractivity contribution in [2.45, 2.75) is 51.9 Å². The van der Waals surface area contributed by atoms with Crippen molar-refractivity contribution in [3.8, 4) is 0 Å². The molecule has 2 rings (SSSR count). The van der Waals surface area contributed by atoms with Gasteiger partial charge in [-0.05, 0) is 0 Å². The quantitative estimate of drug-likeness (QED) is 0.573. The summed E-state index contributed by atoms with van der Waals surface area (Å²) >= 11 is -1.64. The van der Waals surface area contributed by atoms with Crippen LogP contribution in [0.5, 0.6) is 0 Å². The zero-order valence-corrected chi connectivity index (χ0v) is 18.6. The van der Waals surface area contributed by atoms with Gasteiger partial charge in [-0.15, -0.1) is 0 Å². The van der Waals surface area contributed by atoms with Crippen molar-refractivity contribution in [1.82, 2.24) is 0 Å². The van der Waals surface area contributed by atoms with Gasteiger partial charge in [0.1, 0.15) is 0 Å². The molecule has 0 atom stereocenters. The predicted molar refractivity (Wildman–Crippen MR) is 100 cm³/mol. The van der Waals surface area contributed by atoms with Gasteiger partial charge in [-0.25, -0.2) is 0 Å². The first-order valence-corrected chi connectivity index (χ1v) is 19.7. The Morgan fingerprint density at radius 3 is 1.05 bits per heavy atom. The van der Waals surface area contributed by atoms with Gasteiger partial charge in [0.25, 0.3) is 0 Å². The number of rotatable bonds is 4. The normalized spacial score (nSPS) is 22.8. The molecule has 0 spiro atoms. The molecule has 0 unspecified atom stereocenters. The molecule has 2 aliphatic carbocycles. The monoisotopic (exact) mass is 358 g/mol. The Kier molecular flexibility index (Phi) is 4.13. The molecule has 0 nitrogen and oxygen atoms in total. The molecule has 0 amide bonds. The van der Waals surface area contributed by atoms with Crippen LogP contribution in [0.15, 0.2) is 48.6 Å². The minimum absolute atomic E-state index is 0.472. The molecule has 0 saturated heterocycles. The standard InChI is InChI=1S/2C8H13Si.CH3.Ga/c2*1-9(2,3)8-6-4-5-7-8;;/h2*4-7H,1-3H3;1H3;. The van der Waals surface area contributed by atoms with Gasteiger partial charge in [0.2, 0.25) is 0 Å². The Labute approximate surface area is 132 Å². The van der Waals surface area contributed by atoms with E-state index in [1.54, 1.807) is 0 Å². The third-order valence-electron chi connectivity index (χ3n) is 5.74. The Balaban J connectivity index is 2.56. The summed E-state index contributed by atoms with van der Waals surface area (Å²) in [5.41, 5.74) is 2.68. The van der Waals surface area contributed by atoms with Crippen LogP contribution in [0.1, 0.15) is 0 Å². The van der Waals surface area contributed by atoms with E-state index in [-0.39, 0.29) is 0 Å². The summed E-state index contributed by atoms with van der Waals surface area (Å²) in [4.78, 5) is 0. The third kappa shape index (κ3) is 2.27. The molecule has 0 N–H and O–H groups in total. The molecule has 0 radical (unpaired) electrons. The van der Waals surface area contributed by atoms with E-state index in [0.717, 1.165) is 0 Å². The first-order valence-electron chi connectivity index (χ1n) is 7.81. The first kappa shape index (κ1) is 16.4. The molecule has 0 fully saturated rings. The SMILES string of the molecule is [CH3][Ga]([C]1([Si](C)(C)C)C=CC=C1)[C]1([Si](C)(C)C)C=CC=C1. The summed E-state index contributed by atoms with van der Waals surface area (Å²) in [5, 5.41) is 0. The molecule has 2 aliphatic rings. The van der Waals surface area contributed by atoms with Crippen LogP contribution in [0.2, 0.25) is 51.9 Å². The Bertz CT molecular complexity index is 428. The molecule has 0 aromatic rings. The van der Waals surface area contributed by atoms with E-state index in [0.29, 0.717) is 7.19 Å². The van der Waals surface area contributed by atoms with Crippen molar-refractivity contribution in [3.05, 3.63) is 48.6 Å². The maximum absolute atomic E-state index is 2.68. The fraction of sp³-hybridized carbons (Fsp3) is 0.529. The Morgan fingerprint density at radius 1 is 0.600 bits per heavy atom. The fourth-order valence-corrected chi connectivity index (χ4v) is 33.8. The maximum atomic E-state index is 2.68. The molecule has 0 saturated carbocycles. The summed E-state index contributed by atoms with van der Waals surface area (Å²) < 4.78 is 0.943. The summed E-state index contributed by atoms with van der Waals surface area (Å²) in [5.74, 6) is 0. The topological polar surface area (TPSA) is 0 Å². The molecule has 0 heterocycles. The van der Waals surface area contributed by atoms with E-state index in [9.17, 15) is 0 Å². The van der Waals surface area contributed by atoms with Gasteiger partial charge >= 0.3 is 133 Å². The van der Waals surface area contributed by atoms with Crippen LogP contribution < -0.4 is 0 Å². The van der Waals surface area contributed by atoms with Crippen LogP contribution >= 0.6 is 0 Å². The van der Waals surface area contributed by atoms with Crippen LogP contribution in [0.3, 0.4) is 0 Å². The van der Waals surface area contributed by atoms with Crippen LogP contribution in [0.25, 0.3) is 0 Å². The predicted octanol–water partition coefficient (Wildman–Crippen LogP) is 5.60. The van der Waals surface area contributed by atoms with Crippen molar-refractivity contribution in [2.75, 3.05) is 0 Å². The second-order valence-corrected chi connectivity index (χ2v) is 28.7. The van der Waals surface area contributed by atoms with E-state index in [1.807, 2.05) is 0 Å². The van der Waals surface area contributed by atoms with Gasteiger partial charge in [-0.3, -0.25) is 0 Å². The minimum atomic E-state index is -1.64. The van der Waals surface area contributed by atoms with Crippen LogP contribution in [-0.2, 0) is 0 Å². The summed E-state index contributed by atoms with van der Waals surface area (Å²) in [6.45, 7) is 15.4. The second kappa shape index (κ2) is 5.04. The van der Waals surface area contributed by atoms with E-state index in [4.69, 9.17) is 0 Å². The summed E-state index contributed by atoms with van der Waals surface area (Å²) in [6, 6.07) is 0. The van der Waals surface area contributed by atoms with E-state index < -0.39 is 32.4 Å². The van der Waals surface area contributed by atoms with E-state index in [2.05, 4.69) is 93.4 Å². The first-order chi connectivity index (χ1) is 9.07.